The summed E-state index contributed by atoms with van der Waals surface area (Å²) in [5.41, 5.74) is 2.68. The van der Waals surface area contributed by atoms with Crippen molar-refractivity contribution in [3.8, 4) is 0 Å². The molecule has 5 heteroatoms. The first-order valence-corrected chi connectivity index (χ1v) is 7.60. The molecule has 0 aliphatic carbocycles. The number of carbonyl (C=O) groups excluding carboxylic acids is 1. The second-order valence-corrected chi connectivity index (χ2v) is 5.37. The van der Waals surface area contributed by atoms with Gasteiger partial charge in [0.25, 0.3) is 5.91 Å². The molecule has 1 amide bonds. The van der Waals surface area contributed by atoms with E-state index in [0.717, 1.165) is 23.5 Å². The van der Waals surface area contributed by atoms with Gasteiger partial charge in [0.05, 0.1) is 6.04 Å². The van der Waals surface area contributed by atoms with Gasteiger partial charge < -0.3 is 10.6 Å². The van der Waals surface area contributed by atoms with Crippen molar-refractivity contribution in [3.63, 3.8) is 0 Å². The molecule has 1 unspecified atom stereocenters. The number of thiophene rings is 1. The van der Waals surface area contributed by atoms with E-state index in [1.54, 1.807) is 24.5 Å². The van der Waals surface area contributed by atoms with Crippen molar-refractivity contribution in [1.29, 1.82) is 0 Å². The number of anilines is 1. The number of nitrogens with zero attached hydrogens (tertiary/aromatic N) is 1. The molecule has 0 aromatic carbocycles. The quantitative estimate of drug-likeness (QED) is 0.888. The topological polar surface area (TPSA) is 54.0 Å². The number of carbonyl (C=O) groups is 1. The van der Waals surface area contributed by atoms with Crippen LogP contribution in [0.15, 0.2) is 29.0 Å². The van der Waals surface area contributed by atoms with Crippen LogP contribution >= 0.6 is 11.3 Å². The normalized spacial score (nSPS) is 11.9. The third-order valence-corrected chi connectivity index (χ3v) is 3.85. The maximum absolute atomic E-state index is 12.3. The van der Waals surface area contributed by atoms with Crippen LogP contribution in [0.3, 0.4) is 0 Å². The van der Waals surface area contributed by atoms with E-state index in [1.807, 2.05) is 36.7 Å². The second kappa shape index (κ2) is 6.52. The second-order valence-electron chi connectivity index (χ2n) is 4.59. The monoisotopic (exact) mass is 289 g/mol. The van der Waals surface area contributed by atoms with E-state index >= 15 is 0 Å². The Balaban J connectivity index is 2.16. The third kappa shape index (κ3) is 3.36. The van der Waals surface area contributed by atoms with Gasteiger partial charge in [-0.15, -0.1) is 0 Å². The minimum atomic E-state index is -0.0719. The summed E-state index contributed by atoms with van der Waals surface area (Å²) >= 11 is 1.63. The number of amides is 1. The number of pyridine rings is 1. The smallest absolute Gasteiger partial charge is 0.251 e. The van der Waals surface area contributed by atoms with Crippen LogP contribution in [0, 0.1) is 0 Å². The summed E-state index contributed by atoms with van der Waals surface area (Å²) in [7, 11) is 1.80. The SMILES string of the molecule is CCc1cc(C(=O)NC(C)c2ccsc2)cc(NC)n1. The zero-order chi connectivity index (χ0) is 14.5. The van der Waals surface area contributed by atoms with Gasteiger partial charge in [-0.2, -0.15) is 11.3 Å². The minimum absolute atomic E-state index is 0.00466. The van der Waals surface area contributed by atoms with Gasteiger partial charge in [-0.3, -0.25) is 4.79 Å². The molecule has 20 heavy (non-hydrogen) atoms. The predicted molar refractivity (Wildman–Crippen MR) is 83.4 cm³/mol. The molecule has 0 saturated carbocycles. The molecule has 0 saturated heterocycles. The van der Waals surface area contributed by atoms with Gasteiger partial charge in [0.15, 0.2) is 0 Å². The highest BCUT2D eigenvalue weighted by Gasteiger charge is 2.13. The fourth-order valence-electron chi connectivity index (χ4n) is 1.91. The van der Waals surface area contributed by atoms with Crippen LogP contribution in [0.2, 0.25) is 0 Å². The molecule has 0 aliphatic heterocycles. The predicted octanol–water partition coefficient (Wildman–Crippen LogP) is 3.24. The lowest BCUT2D eigenvalue weighted by atomic mass is 10.1. The fraction of sp³-hybridized carbons (Fsp3) is 0.333. The van der Waals surface area contributed by atoms with Gasteiger partial charge in [0.1, 0.15) is 5.82 Å². The molecule has 2 N–H and O–H groups in total. The number of nitrogens with one attached hydrogen (secondary N) is 2. The fourth-order valence-corrected chi connectivity index (χ4v) is 2.67. The van der Waals surface area contributed by atoms with Crippen molar-refractivity contribution in [2.75, 3.05) is 12.4 Å². The number of hydrogen-bond acceptors (Lipinski definition) is 4. The minimum Gasteiger partial charge on any atom is -0.373 e. The van der Waals surface area contributed by atoms with Crippen molar-refractivity contribution in [2.45, 2.75) is 26.3 Å². The lowest BCUT2D eigenvalue weighted by Gasteiger charge is -2.13. The first kappa shape index (κ1) is 14.5. The molecule has 2 aromatic heterocycles. The molecule has 2 heterocycles. The van der Waals surface area contributed by atoms with E-state index < -0.39 is 0 Å². The lowest BCUT2D eigenvalue weighted by molar-refractivity contribution is 0.0940. The maximum Gasteiger partial charge on any atom is 0.251 e. The zero-order valence-electron chi connectivity index (χ0n) is 11.9. The standard InChI is InChI=1S/C15H19N3OS/c1-4-13-7-12(8-14(16-3)18-13)15(19)17-10(2)11-5-6-20-9-11/h5-10H,4H2,1-3H3,(H,16,18)(H,17,19). The Hall–Kier alpha value is -1.88. The van der Waals surface area contributed by atoms with Crippen LogP contribution in [-0.2, 0) is 6.42 Å². The molecular formula is C15H19N3OS. The highest BCUT2D eigenvalue weighted by molar-refractivity contribution is 7.07. The Morgan fingerprint density at radius 1 is 1.45 bits per heavy atom. The van der Waals surface area contributed by atoms with Crippen LogP contribution in [0.4, 0.5) is 5.82 Å². The molecule has 0 radical (unpaired) electrons. The Labute approximate surface area is 123 Å². The molecule has 0 aliphatic rings. The van der Waals surface area contributed by atoms with Gasteiger partial charge in [-0.05, 0) is 47.9 Å². The third-order valence-electron chi connectivity index (χ3n) is 3.15. The van der Waals surface area contributed by atoms with Gasteiger partial charge in [0, 0.05) is 18.3 Å². The van der Waals surface area contributed by atoms with E-state index in [2.05, 4.69) is 15.6 Å². The van der Waals surface area contributed by atoms with E-state index in [-0.39, 0.29) is 11.9 Å². The van der Waals surface area contributed by atoms with Crippen LogP contribution < -0.4 is 10.6 Å². The van der Waals surface area contributed by atoms with Crippen molar-refractivity contribution >= 4 is 23.1 Å². The Morgan fingerprint density at radius 2 is 2.25 bits per heavy atom. The Kier molecular flexibility index (Phi) is 4.74. The summed E-state index contributed by atoms with van der Waals surface area (Å²) in [5, 5.41) is 10.1. The maximum atomic E-state index is 12.3. The van der Waals surface area contributed by atoms with Gasteiger partial charge in [-0.25, -0.2) is 4.98 Å². The average molecular weight is 289 g/mol. The van der Waals surface area contributed by atoms with Crippen molar-refractivity contribution in [3.05, 3.63) is 45.8 Å². The summed E-state index contributed by atoms with van der Waals surface area (Å²) in [6.07, 6.45) is 0.801. The number of rotatable bonds is 5. The lowest BCUT2D eigenvalue weighted by Crippen LogP contribution is -2.26. The van der Waals surface area contributed by atoms with Crippen LogP contribution in [0.5, 0.6) is 0 Å². The highest BCUT2D eigenvalue weighted by atomic mass is 32.1. The van der Waals surface area contributed by atoms with Crippen molar-refractivity contribution in [1.82, 2.24) is 10.3 Å². The van der Waals surface area contributed by atoms with E-state index in [4.69, 9.17) is 0 Å². The molecule has 2 aromatic rings. The van der Waals surface area contributed by atoms with Gasteiger partial charge >= 0.3 is 0 Å². The van der Waals surface area contributed by atoms with Crippen molar-refractivity contribution in [2.24, 2.45) is 0 Å². The molecule has 4 nitrogen and oxygen atoms in total. The number of hydrogen-bond donors (Lipinski definition) is 2. The molecular weight excluding hydrogens is 270 g/mol. The zero-order valence-corrected chi connectivity index (χ0v) is 12.8. The molecule has 0 bridgehead atoms. The summed E-state index contributed by atoms with van der Waals surface area (Å²) in [4.78, 5) is 16.7. The Morgan fingerprint density at radius 3 is 2.85 bits per heavy atom. The molecule has 0 spiro atoms. The summed E-state index contributed by atoms with van der Waals surface area (Å²) in [5.74, 6) is 0.648. The van der Waals surface area contributed by atoms with Gasteiger partial charge in [-0.1, -0.05) is 6.92 Å². The molecule has 106 valence electrons. The van der Waals surface area contributed by atoms with Crippen LogP contribution in [0.1, 0.15) is 41.5 Å². The summed E-state index contributed by atoms with van der Waals surface area (Å²) in [6.45, 7) is 4.01. The number of aryl methyl sites for hydroxylation is 1. The van der Waals surface area contributed by atoms with E-state index in [0.29, 0.717) is 5.56 Å². The number of aromatic nitrogens is 1. The Bertz CT molecular complexity index is 559. The van der Waals surface area contributed by atoms with E-state index in [9.17, 15) is 4.79 Å². The van der Waals surface area contributed by atoms with Gasteiger partial charge in [0.2, 0.25) is 0 Å². The summed E-state index contributed by atoms with van der Waals surface area (Å²) in [6, 6.07) is 5.65. The van der Waals surface area contributed by atoms with Crippen LogP contribution in [-0.4, -0.2) is 17.9 Å². The van der Waals surface area contributed by atoms with E-state index in [1.165, 1.54) is 0 Å². The average Bonchev–Trinajstić information content (AvgIpc) is 3.00. The molecule has 2 rings (SSSR count). The first-order valence-electron chi connectivity index (χ1n) is 6.65. The molecule has 1 atom stereocenters. The largest absolute Gasteiger partial charge is 0.373 e. The summed E-state index contributed by atoms with van der Waals surface area (Å²) < 4.78 is 0. The molecule has 0 fully saturated rings. The first-order chi connectivity index (χ1) is 9.63. The van der Waals surface area contributed by atoms with Crippen LogP contribution in [0.25, 0.3) is 0 Å². The van der Waals surface area contributed by atoms with Crippen molar-refractivity contribution < 1.29 is 4.79 Å². The highest BCUT2D eigenvalue weighted by Crippen LogP contribution is 2.17.